The standard InChI is InChI=1S/C22H16FN5O2S2/c1-10(25)16(13-4-3-5-14(23)7-13)19(20(29)30)28-22-27-18-15-6-12(8-24)9-26-17(15)11(2)31-21(18)32-22/h3-7,9,11,25H,1-2H3,(H,27,28)(H,29,30)/b19-16+,25-10?. The molecule has 3 aromatic rings. The number of thioether (sulfide) groups is 1. The molecule has 4 rings (SSSR count). The van der Waals surface area contributed by atoms with Gasteiger partial charge in [-0.15, -0.1) is 11.8 Å². The SMILES string of the molecule is CC(=N)/C(=C(\Nc1nc2c(s1)SC(C)c1ncc(C#N)cc1-2)C(=O)O)c1cccc(F)c1. The first-order valence-corrected chi connectivity index (χ1v) is 11.1. The van der Waals surface area contributed by atoms with Gasteiger partial charge in [0.1, 0.15) is 17.6 Å². The lowest BCUT2D eigenvalue weighted by atomic mass is 9.99. The number of nitrogens with one attached hydrogen (secondary N) is 2. The summed E-state index contributed by atoms with van der Waals surface area (Å²) in [4.78, 5) is 21.1. The summed E-state index contributed by atoms with van der Waals surface area (Å²) in [5, 5.41) is 30.4. The van der Waals surface area contributed by atoms with Crippen LogP contribution in [0.25, 0.3) is 16.8 Å². The normalized spacial score (nSPS) is 15.1. The average Bonchev–Trinajstić information content (AvgIpc) is 3.15. The number of aliphatic carboxylic acids is 1. The molecule has 0 spiro atoms. The lowest BCUT2D eigenvalue weighted by Crippen LogP contribution is -2.16. The highest BCUT2D eigenvalue weighted by atomic mass is 32.2. The van der Waals surface area contributed by atoms with Crippen molar-refractivity contribution in [2.45, 2.75) is 23.3 Å². The zero-order chi connectivity index (χ0) is 23.0. The summed E-state index contributed by atoms with van der Waals surface area (Å²) in [6.07, 6.45) is 1.52. The fourth-order valence-electron chi connectivity index (χ4n) is 3.40. The third kappa shape index (κ3) is 4.00. The van der Waals surface area contributed by atoms with E-state index in [4.69, 9.17) is 5.41 Å². The summed E-state index contributed by atoms with van der Waals surface area (Å²) in [5.41, 5.74) is 2.64. The molecule has 0 amide bonds. The minimum absolute atomic E-state index is 0.0296. The Labute approximate surface area is 191 Å². The zero-order valence-electron chi connectivity index (χ0n) is 16.9. The molecule has 0 saturated heterocycles. The molecule has 7 nitrogen and oxygen atoms in total. The van der Waals surface area contributed by atoms with Crippen LogP contribution in [0.1, 0.15) is 35.9 Å². The van der Waals surface area contributed by atoms with Gasteiger partial charge in [0.15, 0.2) is 5.13 Å². The van der Waals surface area contributed by atoms with Crippen molar-refractivity contribution in [1.82, 2.24) is 9.97 Å². The van der Waals surface area contributed by atoms with Crippen LogP contribution in [0.4, 0.5) is 9.52 Å². The van der Waals surface area contributed by atoms with Gasteiger partial charge in [-0.1, -0.05) is 23.5 Å². The van der Waals surface area contributed by atoms with Crippen LogP contribution in [-0.2, 0) is 4.79 Å². The number of allylic oxidation sites excluding steroid dienone is 1. The molecule has 0 fully saturated rings. The van der Waals surface area contributed by atoms with Gasteiger partial charge in [-0.05, 0) is 37.6 Å². The number of benzene rings is 1. The van der Waals surface area contributed by atoms with Gasteiger partial charge in [0.05, 0.1) is 26.4 Å². The molecule has 0 aliphatic carbocycles. The predicted molar refractivity (Wildman–Crippen MR) is 122 cm³/mol. The molecule has 1 aromatic carbocycles. The fraction of sp³-hybridized carbons (Fsp3) is 0.136. The lowest BCUT2D eigenvalue weighted by Gasteiger charge is -2.19. The van der Waals surface area contributed by atoms with Crippen LogP contribution in [0.5, 0.6) is 0 Å². The molecule has 1 aliphatic heterocycles. The van der Waals surface area contributed by atoms with Crippen LogP contribution >= 0.6 is 23.1 Å². The highest BCUT2D eigenvalue weighted by Crippen LogP contribution is 2.51. The molecule has 0 saturated carbocycles. The number of anilines is 1. The molecule has 32 heavy (non-hydrogen) atoms. The Bertz CT molecular complexity index is 1340. The number of nitriles is 1. The highest BCUT2D eigenvalue weighted by Gasteiger charge is 2.29. The quantitative estimate of drug-likeness (QED) is 0.344. The van der Waals surface area contributed by atoms with Crippen LogP contribution in [0.3, 0.4) is 0 Å². The van der Waals surface area contributed by atoms with Crippen molar-refractivity contribution in [3.63, 3.8) is 0 Å². The average molecular weight is 466 g/mol. The third-order valence-electron chi connectivity index (χ3n) is 4.75. The first kappa shape index (κ1) is 21.7. The number of carboxylic acids is 1. The van der Waals surface area contributed by atoms with Crippen LogP contribution in [-0.4, -0.2) is 26.8 Å². The monoisotopic (exact) mass is 465 g/mol. The summed E-state index contributed by atoms with van der Waals surface area (Å²) in [5.74, 6) is -1.82. The Morgan fingerprint density at radius 3 is 2.81 bits per heavy atom. The summed E-state index contributed by atoms with van der Waals surface area (Å²) in [7, 11) is 0. The first-order valence-electron chi connectivity index (χ1n) is 9.42. The molecule has 2 aromatic heterocycles. The smallest absolute Gasteiger partial charge is 0.353 e. The third-order valence-corrected chi connectivity index (χ3v) is 7.04. The van der Waals surface area contributed by atoms with Gasteiger partial charge in [0.25, 0.3) is 0 Å². The maximum atomic E-state index is 13.8. The van der Waals surface area contributed by atoms with Gasteiger partial charge in [-0.25, -0.2) is 14.2 Å². The molecule has 1 aliphatic rings. The second-order valence-corrected chi connectivity index (χ2v) is 9.61. The maximum Gasteiger partial charge on any atom is 0.353 e. The van der Waals surface area contributed by atoms with E-state index in [0.29, 0.717) is 16.4 Å². The van der Waals surface area contributed by atoms with Gasteiger partial charge in [0, 0.05) is 23.0 Å². The highest BCUT2D eigenvalue weighted by molar-refractivity contribution is 8.01. The van der Waals surface area contributed by atoms with Crippen molar-refractivity contribution in [3.8, 4) is 17.3 Å². The number of nitrogens with zero attached hydrogens (tertiary/aromatic N) is 3. The fourth-order valence-corrected chi connectivity index (χ4v) is 5.87. The summed E-state index contributed by atoms with van der Waals surface area (Å²) in [6.45, 7) is 3.45. The number of thiazole rings is 1. The summed E-state index contributed by atoms with van der Waals surface area (Å²) < 4.78 is 14.6. The van der Waals surface area contributed by atoms with Gasteiger partial charge in [0.2, 0.25) is 0 Å². The minimum atomic E-state index is -1.29. The molecule has 1 unspecified atom stereocenters. The second kappa shape index (κ2) is 8.53. The molecule has 10 heteroatoms. The van der Waals surface area contributed by atoms with E-state index in [1.165, 1.54) is 42.7 Å². The topological polar surface area (TPSA) is 123 Å². The molecule has 0 bridgehead atoms. The van der Waals surface area contributed by atoms with E-state index in [1.807, 2.05) is 6.92 Å². The number of aromatic nitrogens is 2. The zero-order valence-corrected chi connectivity index (χ0v) is 18.6. The van der Waals surface area contributed by atoms with Gasteiger partial charge >= 0.3 is 5.97 Å². The molecule has 3 N–H and O–H groups in total. The van der Waals surface area contributed by atoms with E-state index in [9.17, 15) is 19.6 Å². The number of pyridine rings is 1. The van der Waals surface area contributed by atoms with Crippen LogP contribution in [0, 0.1) is 22.6 Å². The van der Waals surface area contributed by atoms with Crippen molar-refractivity contribution >= 4 is 45.5 Å². The van der Waals surface area contributed by atoms with E-state index in [1.54, 1.807) is 23.9 Å². The van der Waals surface area contributed by atoms with E-state index in [0.717, 1.165) is 15.5 Å². The van der Waals surface area contributed by atoms with Gasteiger partial charge in [-0.3, -0.25) is 4.98 Å². The molecule has 160 valence electrons. The molecule has 0 radical (unpaired) electrons. The molecular weight excluding hydrogens is 449 g/mol. The van der Waals surface area contributed by atoms with E-state index in [2.05, 4.69) is 21.4 Å². The predicted octanol–water partition coefficient (Wildman–Crippen LogP) is 5.33. The molecule has 3 heterocycles. The minimum Gasteiger partial charge on any atom is -0.477 e. The van der Waals surface area contributed by atoms with Crippen molar-refractivity contribution in [3.05, 3.63) is 64.9 Å². The van der Waals surface area contributed by atoms with Crippen LogP contribution in [0.15, 0.2) is 46.4 Å². The van der Waals surface area contributed by atoms with Crippen molar-refractivity contribution in [1.29, 1.82) is 10.7 Å². The Kier molecular flexibility index (Phi) is 5.78. The molecular formula is C22H16FN5O2S2. The number of carboxylic acid groups (broad SMARTS) is 1. The molecule has 1 atom stereocenters. The largest absolute Gasteiger partial charge is 0.477 e. The summed E-state index contributed by atoms with van der Waals surface area (Å²) in [6, 6.07) is 9.26. The number of fused-ring (bicyclic) bond motifs is 3. The Morgan fingerprint density at radius 1 is 1.38 bits per heavy atom. The summed E-state index contributed by atoms with van der Waals surface area (Å²) >= 11 is 2.83. The Hall–Kier alpha value is -3.55. The van der Waals surface area contributed by atoms with E-state index >= 15 is 0 Å². The van der Waals surface area contributed by atoms with Gasteiger partial charge in [-0.2, -0.15) is 5.26 Å². The van der Waals surface area contributed by atoms with Crippen molar-refractivity contribution in [2.75, 3.05) is 5.32 Å². The van der Waals surface area contributed by atoms with E-state index < -0.39 is 11.8 Å². The number of carbonyl (C=O) groups is 1. The maximum absolute atomic E-state index is 13.8. The Morgan fingerprint density at radius 2 is 2.16 bits per heavy atom. The van der Waals surface area contributed by atoms with Crippen molar-refractivity contribution in [2.24, 2.45) is 0 Å². The lowest BCUT2D eigenvalue weighted by molar-refractivity contribution is -0.132. The number of halogens is 1. The number of hydrogen-bond donors (Lipinski definition) is 3. The van der Waals surface area contributed by atoms with Gasteiger partial charge < -0.3 is 15.8 Å². The van der Waals surface area contributed by atoms with E-state index in [-0.39, 0.29) is 27.8 Å². The number of hydrogen-bond acceptors (Lipinski definition) is 8. The van der Waals surface area contributed by atoms with Crippen LogP contribution < -0.4 is 5.32 Å². The Balaban J connectivity index is 1.81. The van der Waals surface area contributed by atoms with Crippen molar-refractivity contribution < 1.29 is 14.3 Å². The van der Waals surface area contributed by atoms with Crippen LogP contribution in [0.2, 0.25) is 0 Å². The first-order chi connectivity index (χ1) is 15.3. The number of rotatable bonds is 5. The second-order valence-electron chi connectivity index (χ2n) is 7.00.